The van der Waals surface area contributed by atoms with Crippen LogP contribution >= 0.6 is 11.8 Å². The number of amides is 1. The molecule has 1 aliphatic carbocycles. The van der Waals surface area contributed by atoms with Crippen molar-refractivity contribution in [2.75, 3.05) is 24.7 Å². The third-order valence-electron chi connectivity index (χ3n) is 3.08. The van der Waals surface area contributed by atoms with Gasteiger partial charge in [-0.3, -0.25) is 4.79 Å². The van der Waals surface area contributed by atoms with E-state index >= 15 is 0 Å². The first-order valence-corrected chi connectivity index (χ1v) is 7.29. The first-order valence-electron chi connectivity index (χ1n) is 6.13. The predicted octanol–water partition coefficient (Wildman–Crippen LogP) is 1.30. The highest BCUT2D eigenvalue weighted by atomic mass is 32.2. The average molecular weight is 256 g/mol. The number of nitriles is 1. The summed E-state index contributed by atoms with van der Waals surface area (Å²) in [5.41, 5.74) is -0.754. The Morgan fingerprint density at radius 3 is 2.71 bits per heavy atom. The number of aliphatic hydroxyl groups excluding tert-OH is 1. The van der Waals surface area contributed by atoms with Crippen LogP contribution in [0.2, 0.25) is 0 Å². The Hall–Kier alpha value is -0.730. The fourth-order valence-corrected chi connectivity index (χ4v) is 2.83. The fraction of sp³-hybridized carbons (Fsp3) is 0.833. The Bertz CT molecular complexity index is 283. The average Bonchev–Trinajstić information content (AvgIpc) is 2.83. The number of carbonyl (C=O) groups is 1. The summed E-state index contributed by atoms with van der Waals surface area (Å²) in [6, 6.07) is 2.19. The maximum atomic E-state index is 11.9. The van der Waals surface area contributed by atoms with Crippen LogP contribution in [0.25, 0.3) is 0 Å². The van der Waals surface area contributed by atoms with Gasteiger partial charge in [-0.15, -0.1) is 0 Å². The van der Waals surface area contributed by atoms with E-state index < -0.39 is 5.41 Å². The van der Waals surface area contributed by atoms with Crippen LogP contribution in [0.15, 0.2) is 0 Å². The van der Waals surface area contributed by atoms with Crippen molar-refractivity contribution in [1.82, 2.24) is 5.32 Å². The van der Waals surface area contributed by atoms with E-state index in [2.05, 4.69) is 11.4 Å². The number of nitrogens with zero attached hydrogens (tertiary/aromatic N) is 1. The molecule has 0 spiro atoms. The lowest BCUT2D eigenvalue weighted by Crippen LogP contribution is -2.39. The summed E-state index contributed by atoms with van der Waals surface area (Å²) in [5, 5.41) is 20.6. The molecule has 1 amide bonds. The second-order valence-corrected chi connectivity index (χ2v) is 5.57. The normalized spacial score (nSPS) is 17.6. The zero-order valence-corrected chi connectivity index (χ0v) is 10.9. The molecule has 1 rings (SSSR count). The molecule has 0 atom stereocenters. The van der Waals surface area contributed by atoms with Crippen LogP contribution in [0.1, 0.15) is 32.1 Å². The van der Waals surface area contributed by atoms with E-state index in [1.807, 2.05) is 0 Å². The highest BCUT2D eigenvalue weighted by Crippen LogP contribution is 2.37. The molecule has 17 heavy (non-hydrogen) atoms. The molecule has 96 valence electrons. The largest absolute Gasteiger partial charge is 0.396 e. The number of thioether (sulfide) groups is 1. The molecule has 1 aliphatic rings. The monoisotopic (exact) mass is 256 g/mol. The van der Waals surface area contributed by atoms with Gasteiger partial charge in [-0.2, -0.15) is 17.0 Å². The second-order valence-electron chi connectivity index (χ2n) is 4.35. The van der Waals surface area contributed by atoms with Crippen molar-refractivity contribution in [3.63, 3.8) is 0 Å². The van der Waals surface area contributed by atoms with E-state index in [0.29, 0.717) is 19.4 Å². The number of carbonyl (C=O) groups excluding carboxylic acids is 1. The van der Waals surface area contributed by atoms with Gasteiger partial charge in [0, 0.05) is 18.9 Å². The number of rotatable bonds is 7. The van der Waals surface area contributed by atoms with Gasteiger partial charge in [-0.1, -0.05) is 12.8 Å². The van der Waals surface area contributed by atoms with Crippen molar-refractivity contribution < 1.29 is 9.90 Å². The molecule has 1 saturated carbocycles. The molecule has 1 fully saturated rings. The summed E-state index contributed by atoms with van der Waals surface area (Å²) < 4.78 is 0. The molecule has 0 bridgehead atoms. The zero-order chi connectivity index (χ0) is 12.6. The van der Waals surface area contributed by atoms with Gasteiger partial charge >= 0.3 is 0 Å². The first-order chi connectivity index (χ1) is 8.25. The Kier molecular flexibility index (Phi) is 6.38. The summed E-state index contributed by atoms with van der Waals surface area (Å²) in [4.78, 5) is 11.9. The predicted molar refractivity (Wildman–Crippen MR) is 68.6 cm³/mol. The van der Waals surface area contributed by atoms with Crippen LogP contribution in [0.3, 0.4) is 0 Å². The van der Waals surface area contributed by atoms with E-state index in [-0.39, 0.29) is 12.5 Å². The van der Waals surface area contributed by atoms with E-state index in [4.69, 9.17) is 10.4 Å². The van der Waals surface area contributed by atoms with Gasteiger partial charge < -0.3 is 10.4 Å². The first kappa shape index (κ1) is 14.3. The molecule has 5 heteroatoms. The van der Waals surface area contributed by atoms with E-state index in [9.17, 15) is 4.79 Å². The summed E-state index contributed by atoms with van der Waals surface area (Å²) in [5.74, 6) is 1.66. The van der Waals surface area contributed by atoms with Gasteiger partial charge in [0.2, 0.25) is 5.91 Å². The molecule has 0 saturated heterocycles. The smallest absolute Gasteiger partial charge is 0.240 e. The van der Waals surface area contributed by atoms with Gasteiger partial charge in [0.1, 0.15) is 5.41 Å². The molecule has 0 aliphatic heterocycles. The van der Waals surface area contributed by atoms with Crippen LogP contribution in [-0.4, -0.2) is 35.7 Å². The number of aliphatic hydroxyl groups is 1. The van der Waals surface area contributed by atoms with Gasteiger partial charge in [0.05, 0.1) is 6.07 Å². The highest BCUT2D eigenvalue weighted by Gasteiger charge is 2.41. The third kappa shape index (κ3) is 4.21. The van der Waals surface area contributed by atoms with Crippen molar-refractivity contribution in [1.29, 1.82) is 5.26 Å². The lowest BCUT2D eigenvalue weighted by molar-refractivity contribution is -0.127. The van der Waals surface area contributed by atoms with Crippen LogP contribution in [0, 0.1) is 16.7 Å². The van der Waals surface area contributed by atoms with Gasteiger partial charge in [-0.05, 0) is 25.0 Å². The standard InChI is InChI=1S/C12H20N2O2S/c13-10-12(4-1-2-5-12)11(16)14-6-9-17-8-3-7-15/h15H,1-9H2,(H,14,16). The van der Waals surface area contributed by atoms with Crippen molar-refractivity contribution in [2.45, 2.75) is 32.1 Å². The minimum Gasteiger partial charge on any atom is -0.396 e. The third-order valence-corrected chi connectivity index (χ3v) is 4.15. The summed E-state index contributed by atoms with van der Waals surface area (Å²) in [7, 11) is 0. The van der Waals surface area contributed by atoms with Crippen molar-refractivity contribution in [2.24, 2.45) is 5.41 Å². The molecule has 0 radical (unpaired) electrons. The molecule has 4 nitrogen and oxygen atoms in total. The zero-order valence-electron chi connectivity index (χ0n) is 10.1. The Morgan fingerprint density at radius 2 is 2.12 bits per heavy atom. The minimum atomic E-state index is -0.754. The minimum absolute atomic E-state index is 0.0970. The van der Waals surface area contributed by atoms with Crippen molar-refractivity contribution in [3.8, 4) is 6.07 Å². The molecule has 0 heterocycles. The second kappa shape index (κ2) is 7.57. The molecule has 0 aromatic rings. The van der Waals surface area contributed by atoms with Crippen LogP contribution < -0.4 is 5.32 Å². The summed E-state index contributed by atoms with van der Waals surface area (Å²) in [6.45, 7) is 0.829. The highest BCUT2D eigenvalue weighted by molar-refractivity contribution is 7.99. The number of hydrogen-bond donors (Lipinski definition) is 2. The fourth-order valence-electron chi connectivity index (χ4n) is 2.04. The molecule has 0 unspecified atom stereocenters. The van der Waals surface area contributed by atoms with Gasteiger partial charge in [0.25, 0.3) is 0 Å². The van der Waals surface area contributed by atoms with E-state index in [1.54, 1.807) is 11.8 Å². The molecule has 2 N–H and O–H groups in total. The van der Waals surface area contributed by atoms with Crippen molar-refractivity contribution >= 4 is 17.7 Å². The Balaban J connectivity index is 2.18. The Morgan fingerprint density at radius 1 is 1.41 bits per heavy atom. The summed E-state index contributed by atoms with van der Waals surface area (Å²) in [6.07, 6.45) is 4.15. The topological polar surface area (TPSA) is 73.1 Å². The molecular formula is C12H20N2O2S. The lowest BCUT2D eigenvalue weighted by Gasteiger charge is -2.18. The molecule has 0 aromatic heterocycles. The van der Waals surface area contributed by atoms with Crippen LogP contribution in [-0.2, 0) is 4.79 Å². The number of hydrogen-bond acceptors (Lipinski definition) is 4. The van der Waals surface area contributed by atoms with Crippen LogP contribution in [0.4, 0.5) is 0 Å². The Labute approximate surface area is 107 Å². The summed E-state index contributed by atoms with van der Waals surface area (Å²) >= 11 is 1.71. The van der Waals surface area contributed by atoms with E-state index in [1.165, 1.54) is 0 Å². The number of nitrogens with one attached hydrogen (secondary N) is 1. The lowest BCUT2D eigenvalue weighted by atomic mass is 9.87. The van der Waals surface area contributed by atoms with Gasteiger partial charge in [-0.25, -0.2) is 0 Å². The molecule has 0 aromatic carbocycles. The maximum Gasteiger partial charge on any atom is 0.240 e. The maximum absolute atomic E-state index is 11.9. The van der Waals surface area contributed by atoms with Crippen LogP contribution in [0.5, 0.6) is 0 Å². The molecular weight excluding hydrogens is 236 g/mol. The van der Waals surface area contributed by atoms with E-state index in [0.717, 1.165) is 30.8 Å². The SMILES string of the molecule is N#CC1(C(=O)NCCSCCCO)CCCC1. The quantitative estimate of drug-likeness (QED) is 0.673. The van der Waals surface area contributed by atoms with Gasteiger partial charge in [0.15, 0.2) is 0 Å². The van der Waals surface area contributed by atoms with Crippen molar-refractivity contribution in [3.05, 3.63) is 0 Å².